The molecule has 1 unspecified atom stereocenters. The highest BCUT2D eigenvalue weighted by atomic mass is 32.2. The fourth-order valence-corrected chi connectivity index (χ4v) is 2.45. The number of nitriles is 1. The van der Waals surface area contributed by atoms with Gasteiger partial charge in [-0.05, 0) is 31.0 Å². The van der Waals surface area contributed by atoms with Crippen LogP contribution < -0.4 is 4.72 Å². The molecule has 0 saturated heterocycles. The maximum Gasteiger partial charge on any atom is 0.240 e. The zero-order valence-corrected chi connectivity index (χ0v) is 12.3. The molecule has 1 atom stereocenters. The van der Waals surface area contributed by atoms with Gasteiger partial charge in [0, 0.05) is 6.54 Å². The summed E-state index contributed by atoms with van der Waals surface area (Å²) in [6, 6.07) is 4.54. The van der Waals surface area contributed by atoms with Crippen molar-refractivity contribution in [3.63, 3.8) is 0 Å². The van der Waals surface area contributed by atoms with E-state index in [1.165, 1.54) is 6.92 Å². The minimum Gasteiger partial charge on any atom is -0.389 e. The number of aliphatic hydroxyl groups is 1. The third-order valence-electron chi connectivity index (χ3n) is 3.23. The number of hydrogen-bond donors (Lipinski definition) is 2. The Balaban J connectivity index is 2.99. The molecule has 1 aromatic carbocycles. The summed E-state index contributed by atoms with van der Waals surface area (Å²) < 4.78 is 39.5. The first-order valence-electron chi connectivity index (χ1n) is 6.02. The average molecular weight is 300 g/mol. The highest BCUT2D eigenvalue weighted by Gasteiger charge is 2.27. The van der Waals surface area contributed by atoms with E-state index in [2.05, 4.69) is 4.72 Å². The van der Waals surface area contributed by atoms with E-state index in [1.807, 2.05) is 0 Å². The molecule has 2 N–H and O–H groups in total. The normalized spacial score (nSPS) is 14.8. The van der Waals surface area contributed by atoms with Crippen LogP contribution in [0.5, 0.6) is 0 Å². The smallest absolute Gasteiger partial charge is 0.240 e. The second kappa shape index (κ2) is 5.87. The van der Waals surface area contributed by atoms with Crippen LogP contribution in [0.3, 0.4) is 0 Å². The third-order valence-corrected chi connectivity index (χ3v) is 4.63. The summed E-state index contributed by atoms with van der Waals surface area (Å²) in [6.45, 7) is 4.87. The Morgan fingerprint density at radius 3 is 2.60 bits per heavy atom. The van der Waals surface area contributed by atoms with E-state index in [1.54, 1.807) is 19.9 Å². The minimum atomic E-state index is -3.90. The van der Waals surface area contributed by atoms with Crippen LogP contribution >= 0.6 is 0 Å². The first-order chi connectivity index (χ1) is 9.10. The molecule has 0 spiro atoms. The van der Waals surface area contributed by atoms with Crippen molar-refractivity contribution in [2.45, 2.75) is 31.3 Å². The van der Waals surface area contributed by atoms with Crippen LogP contribution in [0.15, 0.2) is 23.1 Å². The fraction of sp³-hybridized carbons (Fsp3) is 0.462. The van der Waals surface area contributed by atoms with Gasteiger partial charge in [0.05, 0.1) is 16.1 Å². The number of benzene rings is 1. The monoisotopic (exact) mass is 300 g/mol. The van der Waals surface area contributed by atoms with Gasteiger partial charge >= 0.3 is 0 Å². The first kappa shape index (κ1) is 16.6. The number of sulfonamides is 1. The Kier molecular flexibility index (Phi) is 4.86. The SMILES string of the molecule is CC(C)C(C)(O)CNS(=O)(=O)c1ccc(F)c(C#N)c1. The third kappa shape index (κ3) is 3.76. The standard InChI is InChI=1S/C13H17FN2O3S/c1-9(2)13(3,17)8-16-20(18,19)11-4-5-12(14)10(6-11)7-15/h4-6,9,16-17H,8H2,1-3H3. The van der Waals surface area contributed by atoms with Crippen molar-refractivity contribution in [2.24, 2.45) is 5.92 Å². The van der Waals surface area contributed by atoms with Crippen molar-refractivity contribution in [3.8, 4) is 6.07 Å². The summed E-state index contributed by atoms with van der Waals surface area (Å²) in [5.41, 5.74) is -1.55. The van der Waals surface area contributed by atoms with E-state index in [-0.39, 0.29) is 22.9 Å². The lowest BCUT2D eigenvalue weighted by molar-refractivity contribution is 0.0190. The van der Waals surface area contributed by atoms with Gasteiger partial charge in [-0.15, -0.1) is 0 Å². The Hall–Kier alpha value is -1.49. The lowest BCUT2D eigenvalue weighted by atomic mass is 9.93. The number of hydrogen-bond acceptors (Lipinski definition) is 4. The summed E-state index contributed by atoms with van der Waals surface area (Å²) >= 11 is 0. The zero-order valence-electron chi connectivity index (χ0n) is 11.5. The van der Waals surface area contributed by atoms with Gasteiger partial charge in [-0.25, -0.2) is 17.5 Å². The lowest BCUT2D eigenvalue weighted by Gasteiger charge is -2.27. The van der Waals surface area contributed by atoms with E-state index >= 15 is 0 Å². The molecule has 0 saturated carbocycles. The Labute approximate surface area is 118 Å². The lowest BCUT2D eigenvalue weighted by Crippen LogP contribution is -2.44. The molecule has 0 bridgehead atoms. The molecule has 0 aliphatic rings. The van der Waals surface area contributed by atoms with Crippen LogP contribution in [0.1, 0.15) is 26.3 Å². The highest BCUT2D eigenvalue weighted by molar-refractivity contribution is 7.89. The van der Waals surface area contributed by atoms with E-state index in [0.29, 0.717) is 0 Å². The van der Waals surface area contributed by atoms with E-state index in [0.717, 1.165) is 18.2 Å². The summed E-state index contributed by atoms with van der Waals surface area (Å²) in [5, 5.41) is 18.7. The topological polar surface area (TPSA) is 90.2 Å². The van der Waals surface area contributed by atoms with Crippen molar-refractivity contribution < 1.29 is 17.9 Å². The molecule has 7 heteroatoms. The summed E-state index contributed by atoms with van der Waals surface area (Å²) in [5.74, 6) is -0.922. The second-order valence-corrected chi connectivity index (χ2v) is 6.86. The molecule has 20 heavy (non-hydrogen) atoms. The Morgan fingerprint density at radius 2 is 2.10 bits per heavy atom. The molecule has 5 nitrogen and oxygen atoms in total. The molecule has 0 radical (unpaired) electrons. The molecule has 0 aromatic heterocycles. The zero-order chi connectivity index (χ0) is 15.6. The van der Waals surface area contributed by atoms with Gasteiger partial charge in [0.2, 0.25) is 10.0 Å². The molecule has 0 heterocycles. The molecular weight excluding hydrogens is 283 g/mol. The molecule has 1 rings (SSSR count). The highest BCUT2D eigenvalue weighted by Crippen LogP contribution is 2.18. The molecular formula is C13H17FN2O3S. The maximum absolute atomic E-state index is 13.2. The summed E-state index contributed by atoms with van der Waals surface area (Å²) in [4.78, 5) is -0.213. The van der Waals surface area contributed by atoms with Crippen LogP contribution in [0.25, 0.3) is 0 Å². The number of halogens is 1. The Bertz CT molecular complexity index is 634. The largest absolute Gasteiger partial charge is 0.389 e. The van der Waals surface area contributed by atoms with Gasteiger partial charge in [-0.3, -0.25) is 0 Å². The number of rotatable bonds is 5. The van der Waals surface area contributed by atoms with E-state index in [4.69, 9.17) is 5.26 Å². The Morgan fingerprint density at radius 1 is 1.50 bits per heavy atom. The van der Waals surface area contributed by atoms with Gasteiger partial charge in [0.1, 0.15) is 11.9 Å². The number of nitrogens with one attached hydrogen (secondary N) is 1. The van der Waals surface area contributed by atoms with Crippen molar-refractivity contribution in [1.82, 2.24) is 4.72 Å². The van der Waals surface area contributed by atoms with Crippen molar-refractivity contribution in [3.05, 3.63) is 29.6 Å². The van der Waals surface area contributed by atoms with Crippen molar-refractivity contribution in [2.75, 3.05) is 6.54 Å². The summed E-state index contributed by atoms with van der Waals surface area (Å²) in [7, 11) is -3.90. The van der Waals surface area contributed by atoms with Gasteiger partial charge in [-0.1, -0.05) is 13.8 Å². The van der Waals surface area contributed by atoms with Crippen molar-refractivity contribution in [1.29, 1.82) is 5.26 Å². The quantitative estimate of drug-likeness (QED) is 0.859. The van der Waals surface area contributed by atoms with E-state index < -0.39 is 21.4 Å². The minimum absolute atomic E-state index is 0.145. The maximum atomic E-state index is 13.2. The fourth-order valence-electron chi connectivity index (χ4n) is 1.29. The first-order valence-corrected chi connectivity index (χ1v) is 7.50. The van der Waals surface area contributed by atoms with Gasteiger partial charge in [-0.2, -0.15) is 5.26 Å². The van der Waals surface area contributed by atoms with E-state index in [9.17, 15) is 17.9 Å². The van der Waals surface area contributed by atoms with Crippen LogP contribution in [-0.2, 0) is 10.0 Å². The molecule has 110 valence electrons. The molecule has 0 amide bonds. The number of nitrogens with zero attached hydrogens (tertiary/aromatic N) is 1. The van der Waals surface area contributed by atoms with Gasteiger partial charge in [0.25, 0.3) is 0 Å². The van der Waals surface area contributed by atoms with Gasteiger partial charge in [0.15, 0.2) is 0 Å². The van der Waals surface area contributed by atoms with Crippen LogP contribution in [0, 0.1) is 23.1 Å². The van der Waals surface area contributed by atoms with Crippen LogP contribution in [0.2, 0.25) is 0 Å². The molecule has 0 aliphatic heterocycles. The van der Waals surface area contributed by atoms with Crippen LogP contribution in [-0.4, -0.2) is 25.7 Å². The predicted octanol–water partition coefficient (Wildman–Crippen LogP) is 1.38. The molecule has 1 aromatic rings. The van der Waals surface area contributed by atoms with Crippen LogP contribution in [0.4, 0.5) is 4.39 Å². The molecule has 0 aliphatic carbocycles. The molecule has 0 fully saturated rings. The summed E-state index contributed by atoms with van der Waals surface area (Å²) in [6.07, 6.45) is 0. The predicted molar refractivity (Wildman–Crippen MR) is 71.8 cm³/mol. The van der Waals surface area contributed by atoms with Gasteiger partial charge < -0.3 is 5.11 Å². The van der Waals surface area contributed by atoms with Crippen molar-refractivity contribution >= 4 is 10.0 Å². The average Bonchev–Trinajstić information content (AvgIpc) is 2.37. The second-order valence-electron chi connectivity index (χ2n) is 5.09.